The van der Waals surface area contributed by atoms with Crippen molar-refractivity contribution < 1.29 is 0 Å². The Morgan fingerprint density at radius 1 is 0.368 bits per heavy atom. The van der Waals surface area contributed by atoms with E-state index in [1.54, 1.807) is 0 Å². The lowest BCUT2D eigenvalue weighted by atomic mass is 9.76. The van der Waals surface area contributed by atoms with Gasteiger partial charge in [0.05, 0.1) is 11.4 Å². The number of fused-ring (bicyclic) bond motifs is 8. The summed E-state index contributed by atoms with van der Waals surface area (Å²) in [4.78, 5) is 2.49. The molecule has 274 valence electrons. The first-order valence-electron chi connectivity index (χ1n) is 20.7. The van der Waals surface area contributed by atoms with Gasteiger partial charge in [-0.2, -0.15) is 0 Å². The van der Waals surface area contributed by atoms with Crippen molar-refractivity contribution in [1.82, 2.24) is 0 Å². The highest BCUT2D eigenvalue weighted by atomic mass is 15.1. The molecule has 1 saturated carbocycles. The summed E-state index contributed by atoms with van der Waals surface area (Å²) in [5.74, 6) is 0. The number of para-hydroxylation sites is 2. The number of nitrogens with zero attached hydrogens (tertiary/aromatic N) is 1. The molecule has 11 rings (SSSR count). The van der Waals surface area contributed by atoms with Gasteiger partial charge in [0.2, 0.25) is 0 Å². The Hall–Kier alpha value is -6.44. The minimum atomic E-state index is -0.00696. The Morgan fingerprint density at radius 2 is 0.912 bits per heavy atom. The molecule has 1 nitrogen and oxygen atoms in total. The molecule has 1 heteroatoms. The van der Waals surface area contributed by atoms with Crippen molar-refractivity contribution in [3.63, 3.8) is 0 Å². The fourth-order valence-corrected chi connectivity index (χ4v) is 10.8. The van der Waals surface area contributed by atoms with Gasteiger partial charge in [-0.15, -0.1) is 0 Å². The third-order valence-corrected chi connectivity index (χ3v) is 13.5. The molecule has 0 aromatic heterocycles. The molecule has 0 heterocycles. The van der Waals surface area contributed by atoms with Crippen molar-refractivity contribution in [3.05, 3.63) is 210 Å². The number of benzene rings is 8. The van der Waals surface area contributed by atoms with Gasteiger partial charge in [-0.3, -0.25) is 0 Å². The SMILES string of the molecule is CC1(C)c2ccccc2-c2cc(-c3ccc(N(c4ccccc4-c4ccccc4)c4ccccc4-c4cccc5c4-c4ccccc4C54CCCC4)cc3)ccc21. The molecule has 0 aliphatic heterocycles. The van der Waals surface area contributed by atoms with E-state index in [1.807, 2.05) is 0 Å². The van der Waals surface area contributed by atoms with Gasteiger partial charge >= 0.3 is 0 Å². The van der Waals surface area contributed by atoms with Crippen LogP contribution in [0.3, 0.4) is 0 Å². The lowest BCUT2D eigenvalue weighted by Gasteiger charge is -2.30. The second kappa shape index (κ2) is 13.1. The molecule has 0 radical (unpaired) electrons. The number of hydrogen-bond acceptors (Lipinski definition) is 1. The molecule has 3 aliphatic carbocycles. The molecule has 8 aromatic carbocycles. The van der Waals surface area contributed by atoms with E-state index in [9.17, 15) is 0 Å². The average molecular weight is 732 g/mol. The standard InChI is InChI=1S/C56H45N/c1-55(2)48-24-10-6-20-43(48)47-37-40(31-34-49(47)55)38-29-32-41(33-30-38)57(52-27-12-8-19-42(52)39-17-4-3-5-18-39)53-28-13-9-21-44(53)45-23-16-26-51-54(45)46-22-7-11-25-50(46)56(51)35-14-15-36-56/h3-13,16-34,37H,14-15,35-36H2,1-2H3. The molecule has 57 heavy (non-hydrogen) atoms. The normalized spacial score (nSPS) is 15.2. The Labute approximate surface area is 336 Å². The van der Waals surface area contributed by atoms with Crippen LogP contribution in [0.4, 0.5) is 17.1 Å². The first kappa shape index (κ1) is 33.9. The van der Waals surface area contributed by atoms with Gasteiger partial charge in [0.25, 0.3) is 0 Å². The lowest BCUT2D eigenvalue weighted by molar-refractivity contribution is 0.550. The molecule has 3 aliphatic rings. The Bertz CT molecular complexity index is 2820. The molecule has 0 bridgehead atoms. The molecule has 0 unspecified atom stereocenters. The molecule has 0 atom stereocenters. The monoisotopic (exact) mass is 731 g/mol. The fraction of sp³-hybridized carbons (Fsp3) is 0.143. The maximum absolute atomic E-state index is 2.49. The summed E-state index contributed by atoms with van der Waals surface area (Å²) in [6.45, 7) is 4.70. The lowest BCUT2D eigenvalue weighted by Crippen LogP contribution is -2.20. The first-order valence-corrected chi connectivity index (χ1v) is 20.7. The van der Waals surface area contributed by atoms with Gasteiger partial charge in [-0.25, -0.2) is 0 Å². The second-order valence-corrected chi connectivity index (χ2v) is 16.8. The number of hydrogen-bond donors (Lipinski definition) is 0. The maximum Gasteiger partial charge on any atom is 0.0540 e. The summed E-state index contributed by atoms with van der Waals surface area (Å²) in [6.07, 6.45) is 5.01. The molecule has 1 spiro atoms. The van der Waals surface area contributed by atoms with Gasteiger partial charge < -0.3 is 4.90 Å². The van der Waals surface area contributed by atoms with E-state index >= 15 is 0 Å². The van der Waals surface area contributed by atoms with Gasteiger partial charge in [0.1, 0.15) is 0 Å². The summed E-state index contributed by atoms with van der Waals surface area (Å²) in [7, 11) is 0. The van der Waals surface area contributed by atoms with Crippen LogP contribution in [0, 0.1) is 0 Å². The smallest absolute Gasteiger partial charge is 0.0540 e. The number of anilines is 3. The van der Waals surface area contributed by atoms with Crippen LogP contribution in [0.25, 0.3) is 55.6 Å². The van der Waals surface area contributed by atoms with E-state index in [0.717, 1.165) is 11.4 Å². The predicted octanol–water partition coefficient (Wildman–Crippen LogP) is 15.3. The van der Waals surface area contributed by atoms with Crippen LogP contribution >= 0.6 is 0 Å². The zero-order chi connectivity index (χ0) is 38.1. The maximum atomic E-state index is 2.49. The summed E-state index contributed by atoms with van der Waals surface area (Å²) < 4.78 is 0. The highest BCUT2D eigenvalue weighted by molar-refractivity contribution is 6.00. The zero-order valence-corrected chi connectivity index (χ0v) is 32.7. The topological polar surface area (TPSA) is 3.24 Å². The highest BCUT2D eigenvalue weighted by Crippen LogP contribution is 2.59. The second-order valence-electron chi connectivity index (χ2n) is 16.8. The van der Waals surface area contributed by atoms with E-state index in [4.69, 9.17) is 0 Å². The molecule has 0 amide bonds. The van der Waals surface area contributed by atoms with Crippen LogP contribution in [0.1, 0.15) is 61.8 Å². The quantitative estimate of drug-likeness (QED) is 0.165. The largest absolute Gasteiger partial charge is 0.309 e. The van der Waals surface area contributed by atoms with Crippen LogP contribution < -0.4 is 4.90 Å². The average Bonchev–Trinajstić information content (AvgIpc) is 3.94. The van der Waals surface area contributed by atoms with Crippen LogP contribution in [0.5, 0.6) is 0 Å². The van der Waals surface area contributed by atoms with Crippen LogP contribution in [-0.2, 0) is 10.8 Å². The van der Waals surface area contributed by atoms with Gasteiger partial charge in [0, 0.05) is 27.6 Å². The summed E-state index contributed by atoms with van der Waals surface area (Å²) in [6, 6.07) is 70.3. The summed E-state index contributed by atoms with van der Waals surface area (Å²) >= 11 is 0. The van der Waals surface area contributed by atoms with E-state index in [0.29, 0.717) is 0 Å². The van der Waals surface area contributed by atoms with E-state index in [1.165, 1.54) is 109 Å². The van der Waals surface area contributed by atoms with Crippen molar-refractivity contribution in [2.45, 2.75) is 50.4 Å². The van der Waals surface area contributed by atoms with Gasteiger partial charge in [0.15, 0.2) is 0 Å². The van der Waals surface area contributed by atoms with Crippen molar-refractivity contribution in [1.29, 1.82) is 0 Å². The summed E-state index contributed by atoms with van der Waals surface area (Å²) in [5, 5.41) is 0. The molecular formula is C56H45N. The molecule has 1 fully saturated rings. The van der Waals surface area contributed by atoms with Crippen molar-refractivity contribution >= 4 is 17.1 Å². The summed E-state index contributed by atoms with van der Waals surface area (Å²) in [5.41, 5.74) is 22.3. The van der Waals surface area contributed by atoms with Crippen LogP contribution in [-0.4, -0.2) is 0 Å². The zero-order valence-electron chi connectivity index (χ0n) is 32.7. The molecule has 0 saturated heterocycles. The predicted molar refractivity (Wildman–Crippen MR) is 240 cm³/mol. The van der Waals surface area contributed by atoms with E-state index in [2.05, 4.69) is 207 Å². The van der Waals surface area contributed by atoms with Crippen molar-refractivity contribution in [2.24, 2.45) is 0 Å². The van der Waals surface area contributed by atoms with Crippen LogP contribution in [0.2, 0.25) is 0 Å². The molecular weight excluding hydrogens is 687 g/mol. The third kappa shape index (κ3) is 5.15. The van der Waals surface area contributed by atoms with Gasteiger partial charge in [-0.05, 0) is 110 Å². The third-order valence-electron chi connectivity index (χ3n) is 13.5. The number of rotatable bonds is 6. The highest BCUT2D eigenvalue weighted by Gasteiger charge is 2.45. The Morgan fingerprint density at radius 3 is 1.67 bits per heavy atom. The van der Waals surface area contributed by atoms with Crippen molar-refractivity contribution in [3.8, 4) is 55.6 Å². The minimum Gasteiger partial charge on any atom is -0.309 e. The van der Waals surface area contributed by atoms with Crippen LogP contribution in [0.15, 0.2) is 188 Å². The Kier molecular flexibility index (Phi) is 7.76. The van der Waals surface area contributed by atoms with Gasteiger partial charge in [-0.1, -0.05) is 184 Å². The molecule has 8 aromatic rings. The Balaban J connectivity index is 1.09. The fourth-order valence-electron chi connectivity index (χ4n) is 10.8. The molecule has 0 N–H and O–H groups in total. The first-order chi connectivity index (χ1) is 28.0. The van der Waals surface area contributed by atoms with E-state index in [-0.39, 0.29) is 10.8 Å². The van der Waals surface area contributed by atoms with E-state index < -0.39 is 0 Å². The minimum absolute atomic E-state index is 0.00696. The van der Waals surface area contributed by atoms with Crippen molar-refractivity contribution in [2.75, 3.05) is 4.90 Å².